The lowest BCUT2D eigenvalue weighted by Crippen LogP contribution is -2.39. The number of nitrogens with zero attached hydrogens (tertiary/aromatic N) is 2. The Kier molecular flexibility index (Phi) is 6.16. The molecule has 0 saturated heterocycles. The number of nitrogens with one attached hydrogen (secondary N) is 1. The van der Waals surface area contributed by atoms with Crippen molar-refractivity contribution in [3.05, 3.63) is 52.9 Å². The van der Waals surface area contributed by atoms with E-state index in [0.29, 0.717) is 22.2 Å². The second-order valence-corrected chi connectivity index (χ2v) is 7.56. The summed E-state index contributed by atoms with van der Waals surface area (Å²) in [5.41, 5.74) is 0.479. The highest BCUT2D eigenvalue weighted by Crippen LogP contribution is 2.36. The Bertz CT molecular complexity index is 944. The van der Waals surface area contributed by atoms with Crippen molar-refractivity contribution < 1.29 is 30.8 Å². The Morgan fingerprint density at radius 2 is 2.07 bits per heavy atom. The Balaban J connectivity index is 2.25. The summed E-state index contributed by atoms with van der Waals surface area (Å²) in [6, 6.07) is 5.32. The van der Waals surface area contributed by atoms with Crippen LogP contribution in [0, 0.1) is 0 Å². The van der Waals surface area contributed by atoms with Crippen LogP contribution in [0.25, 0.3) is 0 Å². The molecule has 1 heterocycles. The first-order chi connectivity index (χ1) is 12.5. The van der Waals surface area contributed by atoms with Gasteiger partial charge in [0.1, 0.15) is 12.3 Å². The van der Waals surface area contributed by atoms with Gasteiger partial charge in [-0.2, -0.15) is 18.3 Å². The molecule has 0 bridgehead atoms. The van der Waals surface area contributed by atoms with Gasteiger partial charge in [-0.3, -0.25) is 9.10 Å². The van der Waals surface area contributed by atoms with Gasteiger partial charge < -0.3 is 4.42 Å². The van der Waals surface area contributed by atoms with Crippen LogP contribution in [0.4, 0.5) is 18.9 Å². The van der Waals surface area contributed by atoms with Crippen molar-refractivity contribution in [3.8, 4) is 0 Å². The van der Waals surface area contributed by atoms with E-state index in [1.807, 2.05) is 0 Å². The maximum atomic E-state index is 12.9. The number of rotatable bonds is 6. The molecule has 2 aromatic rings. The molecule has 0 unspecified atom stereocenters. The lowest BCUT2D eigenvalue weighted by Gasteiger charge is -2.23. The van der Waals surface area contributed by atoms with Crippen LogP contribution in [-0.4, -0.2) is 33.3 Å². The SMILES string of the molecule is CS(=O)(=O)N(CC(=O)NN=Cc1ccco1)c1cc(C(F)(F)F)ccc1Cl. The van der Waals surface area contributed by atoms with Crippen LogP contribution < -0.4 is 9.73 Å². The number of furan rings is 1. The minimum absolute atomic E-state index is 0.264. The zero-order valence-electron chi connectivity index (χ0n) is 13.7. The molecule has 12 heteroatoms. The fraction of sp³-hybridized carbons (Fsp3) is 0.200. The van der Waals surface area contributed by atoms with Crippen molar-refractivity contribution in [1.29, 1.82) is 0 Å². The Hall–Kier alpha value is -2.53. The Morgan fingerprint density at radius 3 is 2.63 bits per heavy atom. The molecule has 27 heavy (non-hydrogen) atoms. The number of hydrazone groups is 1. The molecule has 1 aromatic heterocycles. The minimum atomic E-state index is -4.71. The van der Waals surface area contributed by atoms with Gasteiger partial charge in [0.05, 0.1) is 35.0 Å². The minimum Gasteiger partial charge on any atom is -0.463 e. The normalized spacial score (nSPS) is 12.3. The third kappa shape index (κ3) is 5.73. The van der Waals surface area contributed by atoms with Crippen molar-refractivity contribution in [2.45, 2.75) is 6.18 Å². The van der Waals surface area contributed by atoms with Crippen LogP contribution in [0.3, 0.4) is 0 Å². The molecule has 0 saturated carbocycles. The van der Waals surface area contributed by atoms with Gasteiger partial charge in [-0.15, -0.1) is 0 Å². The molecule has 7 nitrogen and oxygen atoms in total. The van der Waals surface area contributed by atoms with Gasteiger partial charge in [-0.1, -0.05) is 11.6 Å². The molecule has 2 rings (SSSR count). The summed E-state index contributed by atoms with van der Waals surface area (Å²) in [5.74, 6) is -0.562. The summed E-state index contributed by atoms with van der Waals surface area (Å²) in [5, 5.41) is 3.31. The lowest BCUT2D eigenvalue weighted by atomic mass is 10.2. The molecule has 0 radical (unpaired) electrons. The summed E-state index contributed by atoms with van der Waals surface area (Å²) < 4.78 is 68.1. The van der Waals surface area contributed by atoms with E-state index in [9.17, 15) is 26.4 Å². The van der Waals surface area contributed by atoms with Crippen LogP contribution in [0.5, 0.6) is 0 Å². The number of sulfonamides is 1. The fourth-order valence-corrected chi connectivity index (χ4v) is 3.09. The molecule has 1 N–H and O–H groups in total. The fourth-order valence-electron chi connectivity index (χ4n) is 1.96. The molecule has 0 atom stereocenters. The number of anilines is 1. The molecule has 0 aliphatic carbocycles. The van der Waals surface area contributed by atoms with Gasteiger partial charge in [0.25, 0.3) is 5.91 Å². The van der Waals surface area contributed by atoms with E-state index in [1.54, 1.807) is 12.1 Å². The van der Waals surface area contributed by atoms with E-state index in [-0.39, 0.29) is 5.02 Å². The molecule has 1 amide bonds. The van der Waals surface area contributed by atoms with Gasteiger partial charge in [0.2, 0.25) is 10.0 Å². The third-order valence-electron chi connectivity index (χ3n) is 3.15. The zero-order valence-corrected chi connectivity index (χ0v) is 15.3. The molecule has 0 aliphatic heterocycles. The second kappa shape index (κ2) is 8.01. The van der Waals surface area contributed by atoms with Crippen molar-refractivity contribution in [1.82, 2.24) is 5.43 Å². The summed E-state index contributed by atoms with van der Waals surface area (Å²) in [6.07, 6.45) is -1.43. The summed E-state index contributed by atoms with van der Waals surface area (Å²) in [7, 11) is -4.12. The number of halogens is 4. The average Bonchev–Trinajstić information content (AvgIpc) is 3.04. The number of carbonyl (C=O) groups is 1. The van der Waals surface area contributed by atoms with Gasteiger partial charge in [-0.05, 0) is 30.3 Å². The van der Waals surface area contributed by atoms with Crippen molar-refractivity contribution in [2.24, 2.45) is 5.10 Å². The molecular weight excluding hydrogens is 411 g/mol. The largest absolute Gasteiger partial charge is 0.463 e. The number of amides is 1. The van der Waals surface area contributed by atoms with Crippen LogP contribution in [0.15, 0.2) is 46.1 Å². The van der Waals surface area contributed by atoms with E-state index in [4.69, 9.17) is 16.0 Å². The highest BCUT2D eigenvalue weighted by molar-refractivity contribution is 7.92. The Morgan fingerprint density at radius 1 is 1.37 bits per heavy atom. The van der Waals surface area contributed by atoms with Gasteiger partial charge in [0, 0.05) is 0 Å². The first kappa shape index (κ1) is 20.8. The molecule has 0 fully saturated rings. The van der Waals surface area contributed by atoms with E-state index in [2.05, 4.69) is 10.5 Å². The highest BCUT2D eigenvalue weighted by atomic mass is 35.5. The molecule has 0 aliphatic rings. The van der Waals surface area contributed by atoms with Crippen LogP contribution in [0.2, 0.25) is 5.02 Å². The van der Waals surface area contributed by atoms with Crippen molar-refractivity contribution >= 4 is 39.4 Å². The van der Waals surface area contributed by atoms with E-state index < -0.39 is 39.9 Å². The quantitative estimate of drug-likeness (QED) is 0.571. The first-order valence-corrected chi connectivity index (χ1v) is 9.41. The monoisotopic (exact) mass is 423 g/mol. The summed E-state index contributed by atoms with van der Waals surface area (Å²) >= 11 is 5.86. The summed E-state index contributed by atoms with van der Waals surface area (Å²) in [6.45, 7) is -0.824. The zero-order chi connectivity index (χ0) is 20.2. The topological polar surface area (TPSA) is 92.0 Å². The number of alkyl halides is 3. The maximum absolute atomic E-state index is 12.9. The van der Waals surface area contributed by atoms with Crippen LogP contribution in [-0.2, 0) is 21.0 Å². The number of carbonyl (C=O) groups excluding carboxylic acids is 1. The van der Waals surface area contributed by atoms with E-state index >= 15 is 0 Å². The van der Waals surface area contributed by atoms with Crippen LogP contribution >= 0.6 is 11.6 Å². The van der Waals surface area contributed by atoms with Crippen molar-refractivity contribution in [3.63, 3.8) is 0 Å². The molecule has 1 aromatic carbocycles. The van der Waals surface area contributed by atoms with Gasteiger partial charge in [-0.25, -0.2) is 13.8 Å². The number of hydrogen-bond donors (Lipinski definition) is 1. The lowest BCUT2D eigenvalue weighted by molar-refractivity contribution is -0.137. The van der Waals surface area contributed by atoms with Crippen molar-refractivity contribution in [2.75, 3.05) is 17.1 Å². The Labute approximate surface area is 157 Å². The highest BCUT2D eigenvalue weighted by Gasteiger charge is 2.33. The second-order valence-electron chi connectivity index (χ2n) is 5.24. The molecule has 0 spiro atoms. The number of benzene rings is 1. The van der Waals surface area contributed by atoms with E-state index in [0.717, 1.165) is 12.3 Å². The average molecular weight is 424 g/mol. The smallest absolute Gasteiger partial charge is 0.416 e. The standard InChI is InChI=1S/C15H13ClF3N3O4S/c1-27(24,25)22(9-14(23)21-20-8-11-3-2-6-26-11)13-7-10(15(17,18)19)4-5-12(13)16/h2-8H,9H2,1H3,(H,21,23). The third-order valence-corrected chi connectivity index (χ3v) is 4.60. The predicted octanol–water partition coefficient (Wildman–Crippen LogP) is 2.87. The molecule has 146 valence electrons. The van der Waals surface area contributed by atoms with E-state index in [1.165, 1.54) is 12.5 Å². The predicted molar refractivity (Wildman–Crippen MR) is 93.1 cm³/mol. The van der Waals surface area contributed by atoms with Gasteiger partial charge in [0.15, 0.2) is 0 Å². The summed E-state index contributed by atoms with van der Waals surface area (Å²) in [4.78, 5) is 12.0. The van der Waals surface area contributed by atoms with Gasteiger partial charge >= 0.3 is 6.18 Å². The first-order valence-electron chi connectivity index (χ1n) is 7.18. The number of hydrogen-bond acceptors (Lipinski definition) is 5. The molecular formula is C15H13ClF3N3O4S. The van der Waals surface area contributed by atoms with Crippen LogP contribution in [0.1, 0.15) is 11.3 Å². The maximum Gasteiger partial charge on any atom is 0.416 e.